The first-order chi connectivity index (χ1) is 10.3. The van der Waals surface area contributed by atoms with Crippen molar-refractivity contribution >= 4 is 0 Å². The van der Waals surface area contributed by atoms with Gasteiger partial charge in [-0.3, -0.25) is 9.88 Å². The lowest BCUT2D eigenvalue weighted by atomic mass is 9.98. The van der Waals surface area contributed by atoms with E-state index in [1.165, 1.54) is 18.4 Å². The zero-order valence-corrected chi connectivity index (χ0v) is 12.5. The molecule has 4 rings (SSSR count). The maximum absolute atomic E-state index is 6.16. The summed E-state index contributed by atoms with van der Waals surface area (Å²) in [5, 5.41) is 0. The van der Waals surface area contributed by atoms with Crippen molar-refractivity contribution in [1.29, 1.82) is 0 Å². The van der Waals surface area contributed by atoms with Gasteiger partial charge in [0.05, 0.1) is 18.3 Å². The van der Waals surface area contributed by atoms with Crippen molar-refractivity contribution in [3.63, 3.8) is 0 Å². The Morgan fingerprint density at radius 1 is 1.33 bits per heavy atom. The van der Waals surface area contributed by atoms with Crippen LogP contribution in [0.3, 0.4) is 0 Å². The van der Waals surface area contributed by atoms with Gasteiger partial charge in [-0.05, 0) is 42.9 Å². The number of rotatable bonds is 5. The first-order valence-electron chi connectivity index (χ1n) is 8.18. The van der Waals surface area contributed by atoms with Crippen LogP contribution in [0, 0.1) is 5.92 Å². The predicted molar refractivity (Wildman–Crippen MR) is 79.9 cm³/mol. The molecule has 2 atom stereocenters. The maximum atomic E-state index is 6.16. The van der Waals surface area contributed by atoms with E-state index >= 15 is 0 Å². The fourth-order valence-electron chi connectivity index (χ4n) is 3.56. The number of nitrogens with zero attached hydrogens (tertiary/aromatic N) is 2. The molecule has 0 aromatic carbocycles. The topological polar surface area (TPSA) is 34.6 Å². The van der Waals surface area contributed by atoms with Gasteiger partial charge in [-0.25, -0.2) is 0 Å². The highest BCUT2D eigenvalue weighted by atomic mass is 16.6. The van der Waals surface area contributed by atoms with E-state index in [2.05, 4.69) is 22.0 Å². The minimum atomic E-state index is 0.0568. The third-order valence-electron chi connectivity index (χ3n) is 4.99. The molecule has 0 amide bonds. The van der Waals surface area contributed by atoms with Crippen LogP contribution in [0.4, 0.5) is 0 Å². The highest BCUT2D eigenvalue weighted by Gasteiger charge is 2.46. The second-order valence-corrected chi connectivity index (χ2v) is 6.91. The molecule has 0 radical (unpaired) electrons. The summed E-state index contributed by atoms with van der Waals surface area (Å²) >= 11 is 0. The van der Waals surface area contributed by atoms with Crippen LogP contribution in [-0.2, 0) is 16.0 Å². The lowest BCUT2D eigenvalue weighted by Crippen LogP contribution is -2.33. The van der Waals surface area contributed by atoms with Crippen molar-refractivity contribution in [2.24, 2.45) is 5.92 Å². The molecular formula is C17H24N2O2. The second kappa shape index (κ2) is 5.67. The van der Waals surface area contributed by atoms with E-state index in [4.69, 9.17) is 9.47 Å². The predicted octanol–water partition coefficient (Wildman–Crippen LogP) is 2.24. The fourth-order valence-corrected chi connectivity index (χ4v) is 3.56. The molecule has 1 saturated carbocycles. The third-order valence-corrected chi connectivity index (χ3v) is 4.99. The Morgan fingerprint density at radius 3 is 3.00 bits per heavy atom. The first-order valence-corrected chi connectivity index (χ1v) is 8.18. The maximum Gasteiger partial charge on any atom is 0.0847 e. The van der Waals surface area contributed by atoms with E-state index in [0.29, 0.717) is 6.10 Å². The smallest absolute Gasteiger partial charge is 0.0847 e. The zero-order valence-electron chi connectivity index (χ0n) is 12.5. The van der Waals surface area contributed by atoms with Gasteiger partial charge in [0.15, 0.2) is 0 Å². The Hall–Kier alpha value is -0.970. The first kappa shape index (κ1) is 13.7. The molecule has 2 saturated heterocycles. The molecule has 1 aliphatic carbocycles. The Kier molecular flexibility index (Phi) is 3.69. The van der Waals surface area contributed by atoms with Crippen molar-refractivity contribution in [2.75, 3.05) is 26.3 Å². The van der Waals surface area contributed by atoms with Crippen LogP contribution in [0.25, 0.3) is 0 Å². The van der Waals surface area contributed by atoms with Gasteiger partial charge >= 0.3 is 0 Å². The van der Waals surface area contributed by atoms with Gasteiger partial charge < -0.3 is 9.47 Å². The van der Waals surface area contributed by atoms with E-state index in [-0.39, 0.29) is 5.60 Å². The van der Waals surface area contributed by atoms with Gasteiger partial charge in [-0.1, -0.05) is 0 Å². The van der Waals surface area contributed by atoms with Gasteiger partial charge in [0.1, 0.15) is 0 Å². The normalized spacial score (nSPS) is 33.0. The SMILES string of the molecule is c1cc(CN2CC[C@]3(C[C@H](OCC4CC4)CO3)C2)ccn1. The number of ether oxygens (including phenoxy) is 2. The molecule has 3 fully saturated rings. The monoisotopic (exact) mass is 288 g/mol. The Balaban J connectivity index is 1.29. The number of likely N-dealkylation sites (tertiary alicyclic amines) is 1. The van der Waals surface area contributed by atoms with Crippen LogP contribution in [0.1, 0.15) is 31.2 Å². The van der Waals surface area contributed by atoms with Crippen molar-refractivity contribution in [3.05, 3.63) is 30.1 Å². The summed E-state index contributed by atoms with van der Waals surface area (Å²) in [4.78, 5) is 6.58. The summed E-state index contributed by atoms with van der Waals surface area (Å²) < 4.78 is 12.2. The molecule has 0 bridgehead atoms. The van der Waals surface area contributed by atoms with Crippen molar-refractivity contribution in [3.8, 4) is 0 Å². The Labute approximate surface area is 126 Å². The largest absolute Gasteiger partial charge is 0.375 e. The van der Waals surface area contributed by atoms with Crippen molar-refractivity contribution in [2.45, 2.75) is 43.9 Å². The third kappa shape index (κ3) is 3.28. The average molecular weight is 288 g/mol. The molecule has 1 aromatic rings. The number of hydrogen-bond donors (Lipinski definition) is 0. The highest BCUT2D eigenvalue weighted by Crippen LogP contribution is 2.38. The molecule has 4 nitrogen and oxygen atoms in total. The lowest BCUT2D eigenvalue weighted by molar-refractivity contribution is 0.000854. The molecular weight excluding hydrogens is 264 g/mol. The molecule has 21 heavy (non-hydrogen) atoms. The zero-order chi connectivity index (χ0) is 14.1. The van der Waals surface area contributed by atoms with Crippen LogP contribution in [0.2, 0.25) is 0 Å². The lowest BCUT2D eigenvalue weighted by Gasteiger charge is -2.23. The average Bonchev–Trinajstić information content (AvgIpc) is 3.15. The summed E-state index contributed by atoms with van der Waals surface area (Å²) in [5.74, 6) is 0.841. The molecule has 2 aliphatic heterocycles. The van der Waals surface area contributed by atoms with Crippen LogP contribution in [0.5, 0.6) is 0 Å². The molecule has 4 heteroatoms. The van der Waals surface area contributed by atoms with E-state index in [1.807, 2.05) is 12.4 Å². The van der Waals surface area contributed by atoms with Gasteiger partial charge in [-0.2, -0.15) is 0 Å². The van der Waals surface area contributed by atoms with Gasteiger partial charge in [0.25, 0.3) is 0 Å². The van der Waals surface area contributed by atoms with E-state index in [0.717, 1.165) is 51.6 Å². The van der Waals surface area contributed by atoms with Gasteiger partial charge in [0.2, 0.25) is 0 Å². The van der Waals surface area contributed by atoms with Crippen LogP contribution >= 0.6 is 0 Å². The van der Waals surface area contributed by atoms with Crippen molar-refractivity contribution < 1.29 is 9.47 Å². The molecule has 3 heterocycles. The van der Waals surface area contributed by atoms with Crippen LogP contribution in [0.15, 0.2) is 24.5 Å². The fraction of sp³-hybridized carbons (Fsp3) is 0.706. The summed E-state index contributed by atoms with van der Waals surface area (Å²) in [6.45, 7) is 4.90. The number of pyridine rings is 1. The summed E-state index contributed by atoms with van der Waals surface area (Å²) in [6, 6.07) is 4.20. The second-order valence-electron chi connectivity index (χ2n) is 6.91. The van der Waals surface area contributed by atoms with E-state index < -0.39 is 0 Å². The molecule has 3 aliphatic rings. The highest BCUT2D eigenvalue weighted by molar-refractivity contribution is 5.10. The minimum absolute atomic E-state index is 0.0568. The number of hydrogen-bond acceptors (Lipinski definition) is 4. The van der Waals surface area contributed by atoms with E-state index in [1.54, 1.807) is 0 Å². The Morgan fingerprint density at radius 2 is 2.19 bits per heavy atom. The molecule has 114 valence electrons. The van der Waals surface area contributed by atoms with Crippen molar-refractivity contribution in [1.82, 2.24) is 9.88 Å². The Bertz CT molecular complexity index is 477. The van der Waals surface area contributed by atoms with Crippen LogP contribution in [-0.4, -0.2) is 47.9 Å². The molecule has 1 aromatic heterocycles. The van der Waals surface area contributed by atoms with Gasteiger partial charge in [0, 0.05) is 45.1 Å². The molecule has 1 spiro atoms. The summed E-state index contributed by atoms with van der Waals surface area (Å²) in [5.41, 5.74) is 1.39. The molecule has 0 unspecified atom stereocenters. The van der Waals surface area contributed by atoms with Crippen LogP contribution < -0.4 is 0 Å². The summed E-state index contributed by atoms with van der Waals surface area (Å²) in [6.07, 6.45) is 9.00. The summed E-state index contributed by atoms with van der Waals surface area (Å²) in [7, 11) is 0. The quantitative estimate of drug-likeness (QED) is 0.832. The molecule has 0 N–H and O–H groups in total. The number of aromatic nitrogens is 1. The van der Waals surface area contributed by atoms with Gasteiger partial charge in [-0.15, -0.1) is 0 Å². The standard InChI is InChI=1S/C17H24N2O2/c1-2-15(1)11-20-16-9-17(21-12-16)5-8-19(13-17)10-14-3-6-18-7-4-14/h3-4,6-7,15-16H,1-2,5,8-13H2/t16-,17-/m0/s1. The van der Waals surface area contributed by atoms with E-state index in [9.17, 15) is 0 Å². The minimum Gasteiger partial charge on any atom is -0.375 e.